The number of likely N-dealkylation sites (N-methyl/N-ethyl adjacent to an activating group) is 1. The van der Waals surface area contributed by atoms with Crippen molar-refractivity contribution in [2.75, 3.05) is 34.4 Å². The van der Waals surface area contributed by atoms with Gasteiger partial charge in [-0.25, -0.2) is 9.59 Å². The largest absolute Gasteiger partial charge is 0.493 e. The minimum absolute atomic E-state index is 0.114. The first-order valence-corrected chi connectivity index (χ1v) is 13.8. The molecule has 0 saturated heterocycles. The zero-order valence-corrected chi connectivity index (χ0v) is 25.8. The second-order valence-corrected chi connectivity index (χ2v) is 11.0. The van der Waals surface area contributed by atoms with Crippen LogP contribution in [0.2, 0.25) is 0 Å². The first kappa shape index (κ1) is 34.3. The number of aliphatic carboxylic acids is 2. The maximum Gasteiger partial charge on any atom is 0.414 e. The molecule has 0 bridgehead atoms. The summed E-state index contributed by atoms with van der Waals surface area (Å²) in [6, 6.07) is 8.74. The van der Waals surface area contributed by atoms with Crippen molar-refractivity contribution < 1.29 is 38.7 Å². The minimum Gasteiger partial charge on any atom is -0.493 e. The lowest BCUT2D eigenvalue weighted by Crippen LogP contribution is -2.39. The van der Waals surface area contributed by atoms with Gasteiger partial charge < -0.3 is 34.1 Å². The Hall–Kier alpha value is -3.88. The molecular formula is C31H43N3O8. The molecule has 1 aliphatic heterocycles. The normalized spacial score (nSPS) is 14.9. The molecule has 3 rings (SSSR count). The van der Waals surface area contributed by atoms with Crippen LogP contribution in [0.3, 0.4) is 0 Å². The fourth-order valence-electron chi connectivity index (χ4n) is 4.90. The summed E-state index contributed by atoms with van der Waals surface area (Å²) < 4.78 is 22.9. The molecular weight excluding hydrogens is 542 g/mol. The number of pyridine rings is 1. The van der Waals surface area contributed by atoms with E-state index >= 15 is 0 Å². The molecule has 11 nitrogen and oxygen atoms in total. The Kier molecular flexibility index (Phi) is 12.1. The van der Waals surface area contributed by atoms with Gasteiger partial charge in [-0.3, -0.25) is 4.98 Å². The Labute approximate surface area is 248 Å². The highest BCUT2D eigenvalue weighted by atomic mass is 16.7. The van der Waals surface area contributed by atoms with Crippen molar-refractivity contribution in [1.82, 2.24) is 9.88 Å². The first-order valence-electron chi connectivity index (χ1n) is 13.8. The predicted molar refractivity (Wildman–Crippen MR) is 156 cm³/mol. The van der Waals surface area contributed by atoms with Gasteiger partial charge in [0.15, 0.2) is 11.5 Å². The van der Waals surface area contributed by atoms with E-state index in [9.17, 15) is 5.26 Å². The molecule has 2 heterocycles. The summed E-state index contributed by atoms with van der Waals surface area (Å²) in [4.78, 5) is 25.1. The number of aryl methyl sites for hydroxylation is 1. The molecule has 0 fully saturated rings. The van der Waals surface area contributed by atoms with E-state index in [0.717, 1.165) is 66.4 Å². The van der Waals surface area contributed by atoms with Crippen molar-refractivity contribution in [1.29, 1.82) is 5.26 Å². The van der Waals surface area contributed by atoms with Crippen LogP contribution in [0.1, 0.15) is 62.9 Å². The number of hydrogen-bond acceptors (Lipinski definition) is 9. The van der Waals surface area contributed by atoms with Crippen LogP contribution in [0.25, 0.3) is 0 Å². The van der Waals surface area contributed by atoms with E-state index in [1.807, 2.05) is 39.1 Å². The van der Waals surface area contributed by atoms with Crippen LogP contribution < -0.4 is 14.2 Å². The number of rotatable bonds is 11. The maximum absolute atomic E-state index is 10.5. The Balaban J connectivity index is 0.000000928. The highest BCUT2D eigenvalue weighted by molar-refractivity contribution is 6.27. The van der Waals surface area contributed by atoms with Gasteiger partial charge in [-0.1, -0.05) is 19.9 Å². The molecule has 1 aromatic carbocycles. The summed E-state index contributed by atoms with van der Waals surface area (Å²) in [5.41, 5.74) is 3.26. The molecule has 1 unspecified atom stereocenters. The third kappa shape index (κ3) is 8.57. The number of carboxylic acids is 2. The van der Waals surface area contributed by atoms with E-state index in [2.05, 4.69) is 42.9 Å². The van der Waals surface area contributed by atoms with Gasteiger partial charge in [-0.2, -0.15) is 5.26 Å². The number of aromatic nitrogens is 1. The van der Waals surface area contributed by atoms with Crippen LogP contribution >= 0.6 is 0 Å². The smallest absolute Gasteiger partial charge is 0.414 e. The van der Waals surface area contributed by atoms with Gasteiger partial charge in [-0.15, -0.1) is 0 Å². The number of nitriles is 1. The molecule has 42 heavy (non-hydrogen) atoms. The van der Waals surface area contributed by atoms with E-state index in [-0.39, 0.29) is 5.92 Å². The second-order valence-electron chi connectivity index (χ2n) is 11.0. The van der Waals surface area contributed by atoms with Crippen LogP contribution in [0, 0.1) is 24.2 Å². The van der Waals surface area contributed by atoms with Crippen LogP contribution in [-0.2, 0) is 32.8 Å². The topological polar surface area (TPSA) is 151 Å². The SMILES string of the molecule is COc1ccc(CCN(C)CCCC(C#N)(c2cnc(C)c3c2COC(C)(C)O3)C(C)C)cc1OC.O=C(O)C(=O)O. The number of hydrogen-bond donors (Lipinski definition) is 2. The number of benzene rings is 1. The molecule has 0 saturated carbocycles. The molecule has 0 amide bonds. The van der Waals surface area contributed by atoms with Gasteiger partial charge in [0.25, 0.3) is 0 Å². The standard InChI is InChI=1S/C29H41N3O4.C2H2O4/c1-20(2)29(19-30,24-17-31-21(3)27-23(24)18-35-28(4,5)36-27)13-9-14-32(6)15-12-22-10-11-25(33-7)26(16-22)34-8;3-1(4)2(5)6/h10-11,16-17,20H,9,12-15,18H2,1-8H3;(H,3,4)(H,5,6). The average molecular weight is 586 g/mol. The van der Waals surface area contributed by atoms with E-state index in [0.29, 0.717) is 6.61 Å². The number of ether oxygens (including phenoxy) is 4. The molecule has 1 aromatic heterocycles. The number of carbonyl (C=O) groups is 2. The Morgan fingerprint density at radius 3 is 2.36 bits per heavy atom. The van der Waals surface area contributed by atoms with Gasteiger partial charge in [0.1, 0.15) is 5.75 Å². The molecule has 1 atom stereocenters. The average Bonchev–Trinajstić information content (AvgIpc) is 2.94. The summed E-state index contributed by atoms with van der Waals surface area (Å²) in [6.45, 7) is 12.2. The van der Waals surface area contributed by atoms with Crippen molar-refractivity contribution in [3.05, 3.63) is 46.8 Å². The van der Waals surface area contributed by atoms with Crippen molar-refractivity contribution in [3.63, 3.8) is 0 Å². The molecule has 2 N–H and O–H groups in total. The molecule has 11 heteroatoms. The summed E-state index contributed by atoms with van der Waals surface area (Å²) in [7, 11) is 5.43. The van der Waals surface area contributed by atoms with Gasteiger partial charge in [0.05, 0.1) is 38.0 Å². The Morgan fingerprint density at radius 2 is 1.81 bits per heavy atom. The fraction of sp³-hybridized carbons (Fsp3) is 0.548. The zero-order chi connectivity index (χ0) is 31.7. The van der Waals surface area contributed by atoms with Crippen molar-refractivity contribution in [2.45, 2.75) is 71.7 Å². The third-order valence-electron chi connectivity index (χ3n) is 7.42. The quantitative estimate of drug-likeness (QED) is 0.357. The predicted octanol–water partition coefficient (Wildman–Crippen LogP) is 4.58. The number of methoxy groups -OCH3 is 2. The summed E-state index contributed by atoms with van der Waals surface area (Å²) in [6.07, 6.45) is 4.40. The van der Waals surface area contributed by atoms with E-state index in [1.54, 1.807) is 14.2 Å². The zero-order valence-electron chi connectivity index (χ0n) is 25.8. The number of carboxylic acid groups (broad SMARTS) is 2. The van der Waals surface area contributed by atoms with Gasteiger partial charge in [-0.05, 0) is 63.4 Å². The highest BCUT2D eigenvalue weighted by Gasteiger charge is 2.41. The second kappa shape index (κ2) is 14.8. The van der Waals surface area contributed by atoms with Gasteiger partial charge in [0.2, 0.25) is 5.79 Å². The number of fused-ring (bicyclic) bond motifs is 1. The van der Waals surface area contributed by atoms with E-state index < -0.39 is 23.1 Å². The monoisotopic (exact) mass is 585 g/mol. The molecule has 0 aliphatic carbocycles. The molecule has 0 spiro atoms. The summed E-state index contributed by atoms with van der Waals surface area (Å²) in [5.74, 6) is -1.99. The highest BCUT2D eigenvalue weighted by Crippen LogP contribution is 2.44. The first-order chi connectivity index (χ1) is 19.7. The Morgan fingerprint density at radius 1 is 1.17 bits per heavy atom. The third-order valence-corrected chi connectivity index (χ3v) is 7.42. The lowest BCUT2D eigenvalue weighted by atomic mass is 9.68. The van der Waals surface area contributed by atoms with Crippen LogP contribution in [-0.4, -0.2) is 72.2 Å². The molecule has 0 radical (unpaired) electrons. The van der Waals surface area contributed by atoms with Gasteiger partial charge in [0, 0.05) is 37.7 Å². The van der Waals surface area contributed by atoms with Crippen molar-refractivity contribution in [3.8, 4) is 23.3 Å². The fourth-order valence-corrected chi connectivity index (χ4v) is 4.90. The van der Waals surface area contributed by atoms with Gasteiger partial charge >= 0.3 is 11.9 Å². The van der Waals surface area contributed by atoms with Crippen molar-refractivity contribution in [2.24, 2.45) is 5.92 Å². The molecule has 230 valence electrons. The maximum atomic E-state index is 10.5. The van der Waals surface area contributed by atoms with E-state index in [1.165, 1.54) is 5.56 Å². The van der Waals surface area contributed by atoms with Crippen molar-refractivity contribution >= 4 is 11.9 Å². The Bertz CT molecular complexity index is 1280. The summed E-state index contributed by atoms with van der Waals surface area (Å²) in [5, 5.41) is 25.3. The molecule has 2 aromatic rings. The molecule has 1 aliphatic rings. The van der Waals surface area contributed by atoms with Crippen LogP contribution in [0.15, 0.2) is 24.4 Å². The summed E-state index contributed by atoms with van der Waals surface area (Å²) >= 11 is 0. The minimum atomic E-state index is -1.82. The van der Waals surface area contributed by atoms with E-state index in [4.69, 9.17) is 38.7 Å². The number of nitrogens with zero attached hydrogens (tertiary/aromatic N) is 3. The van der Waals surface area contributed by atoms with Crippen LogP contribution in [0.4, 0.5) is 0 Å². The lowest BCUT2D eigenvalue weighted by molar-refractivity contribution is -0.181. The van der Waals surface area contributed by atoms with Crippen LogP contribution in [0.5, 0.6) is 17.2 Å². The lowest BCUT2D eigenvalue weighted by Gasteiger charge is -2.38.